The van der Waals surface area contributed by atoms with Gasteiger partial charge in [-0.1, -0.05) is 22.9 Å². The van der Waals surface area contributed by atoms with Gasteiger partial charge in [0.1, 0.15) is 6.04 Å². The van der Waals surface area contributed by atoms with E-state index in [2.05, 4.69) is 20.7 Å². The van der Waals surface area contributed by atoms with Crippen LogP contribution in [0.2, 0.25) is 0 Å². The van der Waals surface area contributed by atoms with Crippen LogP contribution in [0.25, 0.3) is 0 Å². The molecule has 1 atom stereocenters. The molecule has 0 aliphatic carbocycles. The van der Waals surface area contributed by atoms with Crippen LogP contribution in [0.5, 0.6) is 0 Å². The van der Waals surface area contributed by atoms with Gasteiger partial charge in [-0.2, -0.15) is 9.98 Å². The summed E-state index contributed by atoms with van der Waals surface area (Å²) in [5.41, 5.74) is 0. The van der Waals surface area contributed by atoms with E-state index >= 15 is 0 Å². The van der Waals surface area contributed by atoms with E-state index in [0.717, 1.165) is 4.47 Å². The molecule has 0 saturated carbocycles. The number of halogens is 1. The van der Waals surface area contributed by atoms with Crippen molar-refractivity contribution >= 4 is 26.0 Å². The van der Waals surface area contributed by atoms with Gasteiger partial charge in [-0.3, -0.25) is 0 Å². The zero-order valence-corrected chi connectivity index (χ0v) is 11.0. The van der Waals surface area contributed by atoms with E-state index in [0.29, 0.717) is 6.42 Å². The summed E-state index contributed by atoms with van der Waals surface area (Å²) in [6.45, 7) is 1.75. The van der Waals surface area contributed by atoms with Gasteiger partial charge in [0.25, 0.3) is 0 Å². The minimum Gasteiger partial charge on any atom is -0.207 e. The van der Waals surface area contributed by atoms with E-state index in [1.54, 1.807) is 19.1 Å². The number of rotatable bonds is 4. The van der Waals surface area contributed by atoms with Crippen LogP contribution < -0.4 is 4.72 Å². The molecule has 4 nitrogen and oxygen atoms in total. The van der Waals surface area contributed by atoms with Gasteiger partial charge < -0.3 is 0 Å². The lowest BCUT2D eigenvalue weighted by Crippen LogP contribution is -2.33. The Labute approximate surface area is 103 Å². The largest absolute Gasteiger partial charge is 0.241 e. The number of nitrogens with zero attached hydrogens (tertiary/aromatic N) is 1. The molecule has 1 N–H and O–H groups in total. The highest BCUT2D eigenvalue weighted by molar-refractivity contribution is 9.10. The Kier molecular flexibility index (Phi) is 4.47. The lowest BCUT2D eigenvalue weighted by atomic mass is 10.3. The quantitative estimate of drug-likeness (QED) is 0.925. The van der Waals surface area contributed by atoms with E-state index in [1.165, 1.54) is 12.1 Å². The maximum Gasteiger partial charge on any atom is 0.241 e. The van der Waals surface area contributed by atoms with Crippen molar-refractivity contribution in [1.82, 2.24) is 4.72 Å². The molecule has 0 aromatic heterocycles. The number of nitriles is 1. The minimum atomic E-state index is -3.59. The molecule has 6 heteroatoms. The highest BCUT2D eigenvalue weighted by atomic mass is 79.9. The van der Waals surface area contributed by atoms with Crippen LogP contribution in [0.4, 0.5) is 0 Å². The standard InChI is InChI=1S/C10H11BrN2O2S/c1-2-9(7-12)13-16(14,15)10-5-3-8(11)4-6-10/h3-6,9,13H,2H2,1H3. The number of hydrogen-bond donors (Lipinski definition) is 1. The van der Waals surface area contributed by atoms with E-state index in [-0.39, 0.29) is 4.90 Å². The molecule has 0 saturated heterocycles. The average Bonchev–Trinajstić information content (AvgIpc) is 2.26. The van der Waals surface area contributed by atoms with Crippen LogP contribution in [0.1, 0.15) is 13.3 Å². The second-order valence-corrected chi connectivity index (χ2v) is 5.79. The lowest BCUT2D eigenvalue weighted by molar-refractivity contribution is 0.569. The zero-order chi connectivity index (χ0) is 12.2. The molecule has 1 aromatic rings. The summed E-state index contributed by atoms with van der Waals surface area (Å²) >= 11 is 3.22. The van der Waals surface area contributed by atoms with Gasteiger partial charge in [0.2, 0.25) is 10.0 Å². The van der Waals surface area contributed by atoms with Crippen molar-refractivity contribution < 1.29 is 8.42 Å². The molecular weight excluding hydrogens is 292 g/mol. The summed E-state index contributed by atoms with van der Waals surface area (Å²) in [4.78, 5) is 0.157. The molecule has 0 aliphatic heterocycles. The molecule has 16 heavy (non-hydrogen) atoms. The Morgan fingerprint density at radius 3 is 2.44 bits per heavy atom. The van der Waals surface area contributed by atoms with Crippen LogP contribution in [0.3, 0.4) is 0 Å². The first kappa shape index (κ1) is 13.2. The van der Waals surface area contributed by atoms with Crippen LogP contribution in [0, 0.1) is 11.3 Å². The van der Waals surface area contributed by atoms with Crippen molar-refractivity contribution in [3.8, 4) is 6.07 Å². The molecule has 1 unspecified atom stereocenters. The van der Waals surface area contributed by atoms with Crippen LogP contribution in [0.15, 0.2) is 33.6 Å². The third kappa shape index (κ3) is 3.30. The van der Waals surface area contributed by atoms with Gasteiger partial charge in [-0.25, -0.2) is 8.42 Å². The first-order valence-electron chi connectivity index (χ1n) is 4.67. The molecule has 0 fully saturated rings. The van der Waals surface area contributed by atoms with Gasteiger partial charge in [-0.15, -0.1) is 0 Å². The normalized spacial score (nSPS) is 13.1. The molecule has 0 radical (unpaired) electrons. The highest BCUT2D eigenvalue weighted by Crippen LogP contribution is 2.14. The maximum absolute atomic E-state index is 11.8. The Hall–Kier alpha value is -0.900. The molecule has 0 aliphatic rings. The van der Waals surface area contributed by atoms with Crippen molar-refractivity contribution in [2.24, 2.45) is 0 Å². The molecular formula is C10H11BrN2O2S. The minimum absolute atomic E-state index is 0.157. The van der Waals surface area contributed by atoms with Crippen molar-refractivity contribution in [1.29, 1.82) is 5.26 Å². The SMILES string of the molecule is CCC(C#N)NS(=O)(=O)c1ccc(Br)cc1. The third-order valence-corrected chi connectivity index (χ3v) is 4.00. The number of nitrogens with one attached hydrogen (secondary N) is 1. The van der Waals surface area contributed by atoms with Crippen molar-refractivity contribution in [2.75, 3.05) is 0 Å². The van der Waals surface area contributed by atoms with Crippen molar-refractivity contribution in [3.63, 3.8) is 0 Å². The first-order valence-corrected chi connectivity index (χ1v) is 6.94. The zero-order valence-electron chi connectivity index (χ0n) is 8.64. The summed E-state index contributed by atoms with van der Waals surface area (Å²) in [6, 6.07) is 7.45. The van der Waals surface area contributed by atoms with Crippen LogP contribution in [-0.2, 0) is 10.0 Å². The topological polar surface area (TPSA) is 70.0 Å². The first-order chi connectivity index (χ1) is 7.49. The monoisotopic (exact) mass is 302 g/mol. The molecule has 1 aromatic carbocycles. The van der Waals surface area contributed by atoms with E-state index in [4.69, 9.17) is 5.26 Å². The predicted molar refractivity (Wildman–Crippen MR) is 64.2 cm³/mol. The second-order valence-electron chi connectivity index (χ2n) is 3.17. The molecule has 0 amide bonds. The molecule has 0 spiro atoms. The van der Waals surface area contributed by atoms with Gasteiger partial charge in [0, 0.05) is 4.47 Å². The Morgan fingerprint density at radius 2 is 2.00 bits per heavy atom. The Balaban J connectivity index is 2.95. The average molecular weight is 303 g/mol. The molecule has 86 valence electrons. The maximum atomic E-state index is 11.8. The van der Waals surface area contributed by atoms with Gasteiger partial charge in [-0.05, 0) is 30.7 Å². The number of hydrogen-bond acceptors (Lipinski definition) is 3. The van der Waals surface area contributed by atoms with Crippen molar-refractivity contribution in [3.05, 3.63) is 28.7 Å². The predicted octanol–water partition coefficient (Wildman–Crippen LogP) is 2.03. The Bertz CT molecular complexity index is 491. The fourth-order valence-electron chi connectivity index (χ4n) is 1.07. The lowest BCUT2D eigenvalue weighted by Gasteiger charge is -2.09. The highest BCUT2D eigenvalue weighted by Gasteiger charge is 2.18. The van der Waals surface area contributed by atoms with Crippen LogP contribution in [-0.4, -0.2) is 14.5 Å². The van der Waals surface area contributed by atoms with Crippen molar-refractivity contribution in [2.45, 2.75) is 24.3 Å². The van der Waals surface area contributed by atoms with E-state index in [1.807, 2.05) is 6.07 Å². The molecule has 0 bridgehead atoms. The van der Waals surface area contributed by atoms with E-state index in [9.17, 15) is 8.42 Å². The molecule has 0 heterocycles. The summed E-state index contributed by atoms with van der Waals surface area (Å²) in [5.74, 6) is 0. The smallest absolute Gasteiger partial charge is 0.207 e. The Morgan fingerprint density at radius 1 is 1.44 bits per heavy atom. The van der Waals surface area contributed by atoms with Gasteiger partial charge >= 0.3 is 0 Å². The fourth-order valence-corrected chi connectivity index (χ4v) is 2.56. The summed E-state index contributed by atoms with van der Waals surface area (Å²) < 4.78 is 26.7. The van der Waals surface area contributed by atoms with Crippen LogP contribution >= 0.6 is 15.9 Å². The number of sulfonamides is 1. The van der Waals surface area contributed by atoms with Gasteiger partial charge in [0.05, 0.1) is 11.0 Å². The van der Waals surface area contributed by atoms with E-state index < -0.39 is 16.1 Å². The third-order valence-electron chi connectivity index (χ3n) is 1.99. The summed E-state index contributed by atoms with van der Waals surface area (Å²) in [5, 5.41) is 8.70. The number of benzene rings is 1. The summed E-state index contributed by atoms with van der Waals surface area (Å²) in [7, 11) is -3.59. The second kappa shape index (κ2) is 5.43. The summed E-state index contributed by atoms with van der Waals surface area (Å²) in [6.07, 6.45) is 0.437. The van der Waals surface area contributed by atoms with Gasteiger partial charge in [0.15, 0.2) is 0 Å². The molecule has 1 rings (SSSR count). The fraction of sp³-hybridized carbons (Fsp3) is 0.300.